The second-order valence-corrected chi connectivity index (χ2v) is 4.74. The first-order chi connectivity index (χ1) is 10.5. The second kappa shape index (κ2) is 4.96. The van der Waals surface area contributed by atoms with Crippen molar-refractivity contribution in [1.29, 1.82) is 0 Å². The molecule has 0 aliphatic carbocycles. The smallest absolute Gasteiger partial charge is 0.313 e. The number of rotatable bonds is 3. The molecule has 0 fully saturated rings. The maximum atomic E-state index is 12.6. The predicted molar refractivity (Wildman–Crippen MR) is 79.3 cm³/mol. The fraction of sp³-hybridized carbons (Fsp3) is 0.0667. The monoisotopic (exact) mass is 298 g/mol. The average Bonchev–Trinajstić information content (AvgIpc) is 2.79. The minimum absolute atomic E-state index is 0.0412. The molecule has 0 atom stereocenters. The van der Waals surface area contributed by atoms with E-state index in [1.165, 1.54) is 36.1 Å². The van der Waals surface area contributed by atoms with Crippen molar-refractivity contribution in [3.05, 3.63) is 63.7 Å². The third kappa shape index (κ3) is 1.99. The molecule has 0 spiro atoms. The molecule has 0 saturated carbocycles. The van der Waals surface area contributed by atoms with E-state index in [2.05, 4.69) is 0 Å². The Kier molecular flexibility index (Phi) is 3.10. The summed E-state index contributed by atoms with van der Waals surface area (Å²) < 4.78 is 1.38. The molecule has 7 nitrogen and oxygen atoms in total. The van der Waals surface area contributed by atoms with Crippen LogP contribution in [0.25, 0.3) is 0 Å². The number of benzene rings is 2. The highest BCUT2D eigenvalue weighted by molar-refractivity contribution is 6.52. The molecule has 110 valence electrons. The van der Waals surface area contributed by atoms with Gasteiger partial charge in [0.1, 0.15) is 12.7 Å². The number of hydrogen-bond acceptors (Lipinski definition) is 5. The topological polar surface area (TPSA) is 98.5 Å². The summed E-state index contributed by atoms with van der Waals surface area (Å²) in [6.45, 7) is 0. The zero-order valence-electron chi connectivity index (χ0n) is 11.6. The molecule has 0 saturated heterocycles. The van der Waals surface area contributed by atoms with Crippen LogP contribution in [0.2, 0.25) is 0 Å². The van der Waals surface area contributed by atoms with Crippen molar-refractivity contribution in [2.24, 2.45) is 0 Å². The van der Waals surface area contributed by atoms with Gasteiger partial charge in [-0.25, -0.2) is 0 Å². The maximum Gasteiger partial charge on any atom is 0.313 e. The third-order valence-electron chi connectivity index (χ3n) is 3.44. The zero-order valence-corrected chi connectivity index (χ0v) is 11.6. The van der Waals surface area contributed by atoms with Gasteiger partial charge in [-0.3, -0.25) is 19.7 Å². The minimum Gasteiger partial charge on any atom is -0.399 e. The Labute approximate surface area is 125 Å². The lowest BCUT2D eigenvalue weighted by Crippen LogP contribution is -2.19. The quantitative estimate of drug-likeness (QED) is 0.405. The number of nitrogens with two attached hydrogens (primary N) is 1. The summed E-state index contributed by atoms with van der Waals surface area (Å²) in [5, 5.41) is 10.7. The van der Waals surface area contributed by atoms with Crippen molar-refractivity contribution in [1.82, 2.24) is 0 Å². The molecule has 1 heterocycles. The van der Waals surface area contributed by atoms with E-state index in [4.69, 9.17) is 10.6 Å². The Hall–Kier alpha value is -3.22. The van der Waals surface area contributed by atoms with Crippen LogP contribution in [0.3, 0.4) is 0 Å². The van der Waals surface area contributed by atoms with E-state index in [0.29, 0.717) is 28.2 Å². The number of hydrogen-bond donors (Lipinski definition) is 1. The lowest BCUT2D eigenvalue weighted by molar-refractivity contribution is -0.717. The number of nitro groups is 1. The van der Waals surface area contributed by atoms with Crippen LogP contribution in [0, 0.1) is 10.1 Å². The largest absolute Gasteiger partial charge is 0.399 e. The molecule has 2 N–H and O–H groups in total. The number of non-ortho nitro benzene ring substituents is 1. The van der Waals surface area contributed by atoms with Crippen molar-refractivity contribution >= 4 is 28.6 Å². The summed E-state index contributed by atoms with van der Waals surface area (Å²) in [7, 11) is 1.44. The van der Waals surface area contributed by atoms with E-state index in [-0.39, 0.29) is 11.5 Å². The van der Waals surface area contributed by atoms with E-state index in [9.17, 15) is 14.9 Å². The van der Waals surface area contributed by atoms with Crippen LogP contribution in [-0.2, 0) is 4.84 Å². The molecular weight excluding hydrogens is 286 g/mol. The average molecular weight is 298 g/mol. The number of ketones is 1. The minimum atomic E-state index is -0.492. The van der Waals surface area contributed by atoms with Crippen LogP contribution in [0.15, 0.2) is 42.5 Å². The van der Waals surface area contributed by atoms with Gasteiger partial charge in [0.05, 0.1) is 10.5 Å². The van der Waals surface area contributed by atoms with Gasteiger partial charge in [0, 0.05) is 28.6 Å². The molecule has 1 aliphatic rings. The normalized spacial score (nSPS) is 13.2. The number of carbonyl (C=O) groups is 1. The van der Waals surface area contributed by atoms with Gasteiger partial charge in [-0.15, -0.1) is 0 Å². The van der Waals surface area contributed by atoms with Gasteiger partial charge in [-0.05, 0) is 24.3 Å². The van der Waals surface area contributed by atoms with Crippen molar-refractivity contribution in [2.75, 3.05) is 12.8 Å². The fourth-order valence-corrected chi connectivity index (χ4v) is 2.43. The number of fused-ring (bicyclic) bond motifs is 1. The summed E-state index contributed by atoms with van der Waals surface area (Å²) in [5.41, 5.74) is 8.09. The standard InChI is InChI=1S/C15H11N3O4/c1-22-17-13-8-10(16)4-7-12(13)15(19)14(17)9-2-5-11(6-3-9)18(20)21/h2-8H,1H3,(H-,16,19)/p+1. The van der Waals surface area contributed by atoms with Gasteiger partial charge in [-0.2, -0.15) is 0 Å². The van der Waals surface area contributed by atoms with Gasteiger partial charge in [0.2, 0.25) is 0 Å². The molecule has 7 heteroatoms. The first kappa shape index (κ1) is 13.7. The van der Waals surface area contributed by atoms with Crippen LogP contribution in [0.4, 0.5) is 17.1 Å². The molecule has 1 aliphatic heterocycles. The fourth-order valence-electron chi connectivity index (χ4n) is 2.43. The molecule has 0 bridgehead atoms. The number of nitrogen functional groups attached to an aromatic ring is 1. The molecule has 0 amide bonds. The van der Waals surface area contributed by atoms with Crippen molar-refractivity contribution in [3.63, 3.8) is 0 Å². The SMILES string of the molecule is CO[N+]1=C(c2ccc([N+](=O)[O-])cc2)C(=O)c2ccc(N)cc21. The highest BCUT2D eigenvalue weighted by Gasteiger charge is 2.41. The van der Waals surface area contributed by atoms with Gasteiger partial charge in [-0.1, -0.05) is 0 Å². The summed E-state index contributed by atoms with van der Waals surface area (Å²) in [5.74, 6) is -0.217. The first-order valence-corrected chi connectivity index (χ1v) is 6.43. The Morgan fingerprint density at radius 1 is 1.18 bits per heavy atom. The first-order valence-electron chi connectivity index (χ1n) is 6.43. The van der Waals surface area contributed by atoms with Crippen LogP contribution in [0.5, 0.6) is 0 Å². The maximum absolute atomic E-state index is 12.6. The van der Waals surface area contributed by atoms with Crippen molar-refractivity contribution < 1.29 is 19.3 Å². The highest BCUT2D eigenvalue weighted by Crippen LogP contribution is 2.30. The zero-order chi connectivity index (χ0) is 15.9. The third-order valence-corrected chi connectivity index (χ3v) is 3.44. The van der Waals surface area contributed by atoms with Crippen molar-refractivity contribution in [3.8, 4) is 0 Å². The Morgan fingerprint density at radius 3 is 2.45 bits per heavy atom. The van der Waals surface area contributed by atoms with Gasteiger partial charge in [0.25, 0.3) is 17.2 Å². The Morgan fingerprint density at radius 2 is 1.86 bits per heavy atom. The van der Waals surface area contributed by atoms with Gasteiger partial charge >= 0.3 is 5.71 Å². The number of anilines is 1. The molecule has 0 unspecified atom stereocenters. The summed E-state index contributed by atoms with van der Waals surface area (Å²) in [4.78, 5) is 28.1. The molecule has 3 rings (SSSR count). The van der Waals surface area contributed by atoms with Crippen LogP contribution in [0.1, 0.15) is 15.9 Å². The van der Waals surface area contributed by atoms with E-state index < -0.39 is 4.92 Å². The highest BCUT2D eigenvalue weighted by atomic mass is 16.7. The molecule has 0 radical (unpaired) electrons. The lowest BCUT2D eigenvalue weighted by Gasteiger charge is -1.98. The van der Waals surface area contributed by atoms with Gasteiger partial charge < -0.3 is 5.73 Å². The predicted octanol–water partition coefficient (Wildman–Crippen LogP) is 2.07. The number of Topliss-reactive ketones (excluding diaryl/α,β-unsaturated/α-hetero) is 1. The van der Waals surface area contributed by atoms with E-state index in [0.717, 1.165) is 0 Å². The summed E-state index contributed by atoms with van der Waals surface area (Å²) in [6, 6.07) is 10.7. The molecule has 2 aromatic carbocycles. The number of nitrogens with zero attached hydrogens (tertiary/aromatic N) is 2. The van der Waals surface area contributed by atoms with Crippen LogP contribution in [-0.4, -0.2) is 28.3 Å². The van der Waals surface area contributed by atoms with E-state index in [1.807, 2.05) is 0 Å². The van der Waals surface area contributed by atoms with Crippen LogP contribution < -0.4 is 5.73 Å². The summed E-state index contributed by atoms with van der Waals surface area (Å²) in [6.07, 6.45) is 0. The number of nitro benzene ring substituents is 1. The summed E-state index contributed by atoms with van der Waals surface area (Å²) >= 11 is 0. The molecule has 0 aromatic heterocycles. The van der Waals surface area contributed by atoms with Crippen molar-refractivity contribution in [2.45, 2.75) is 0 Å². The molecular formula is C15H12N3O4+. The number of carbonyl (C=O) groups excluding carboxylic acids is 1. The second-order valence-electron chi connectivity index (χ2n) is 4.74. The van der Waals surface area contributed by atoms with Gasteiger partial charge in [0.15, 0.2) is 0 Å². The van der Waals surface area contributed by atoms with E-state index >= 15 is 0 Å². The van der Waals surface area contributed by atoms with E-state index in [1.54, 1.807) is 18.2 Å². The van der Waals surface area contributed by atoms with Crippen LogP contribution >= 0.6 is 0 Å². The lowest BCUT2D eigenvalue weighted by atomic mass is 10.0. The Balaban J connectivity index is 2.15. The molecule has 22 heavy (non-hydrogen) atoms. The Bertz CT molecular complexity index is 825. The molecule has 2 aromatic rings.